The molecule has 0 radical (unpaired) electrons. The molecule has 2 aromatic heterocycles. The molecule has 0 unspecified atom stereocenters. The van der Waals surface area contributed by atoms with Crippen molar-refractivity contribution < 1.29 is 18.6 Å². The molecule has 0 bridgehead atoms. The number of aliphatic hydroxyl groups is 1. The predicted octanol–water partition coefficient (Wildman–Crippen LogP) is 3.16. The third-order valence-electron chi connectivity index (χ3n) is 3.66. The number of aliphatic hydroxyl groups excluding tert-OH is 1. The van der Waals surface area contributed by atoms with Crippen LogP contribution in [0.25, 0.3) is 11.5 Å². The van der Waals surface area contributed by atoms with E-state index in [0.29, 0.717) is 17.1 Å². The summed E-state index contributed by atoms with van der Waals surface area (Å²) in [7, 11) is 1.46. The van der Waals surface area contributed by atoms with Gasteiger partial charge in [0.1, 0.15) is 17.3 Å². The molecule has 0 aliphatic heterocycles. The first kappa shape index (κ1) is 18.3. The molecule has 140 valence electrons. The van der Waals surface area contributed by atoms with Crippen LogP contribution in [0.4, 0.5) is 14.6 Å². The largest absolute Gasteiger partial charge is 0.511 e. The molecule has 7 nitrogen and oxygen atoms in total. The monoisotopic (exact) mass is 373 g/mol. The Labute approximate surface area is 154 Å². The zero-order valence-corrected chi connectivity index (χ0v) is 14.5. The highest BCUT2D eigenvalue weighted by atomic mass is 19.1. The Morgan fingerprint density at radius 3 is 2.78 bits per heavy atom. The molecule has 0 fully saturated rings. The number of ether oxygens (including phenoxy) is 1. The van der Waals surface area contributed by atoms with E-state index in [4.69, 9.17) is 9.84 Å². The van der Waals surface area contributed by atoms with E-state index in [1.165, 1.54) is 17.9 Å². The van der Waals surface area contributed by atoms with Crippen LogP contribution in [0.3, 0.4) is 0 Å². The van der Waals surface area contributed by atoms with Crippen LogP contribution in [0.1, 0.15) is 5.56 Å². The summed E-state index contributed by atoms with van der Waals surface area (Å²) in [5.74, 6) is -0.779. The van der Waals surface area contributed by atoms with Gasteiger partial charge in [0.2, 0.25) is 5.88 Å². The number of benzene rings is 1. The Kier molecular flexibility index (Phi) is 5.30. The Morgan fingerprint density at radius 1 is 1.30 bits per heavy atom. The van der Waals surface area contributed by atoms with Crippen LogP contribution < -0.4 is 10.1 Å². The van der Waals surface area contributed by atoms with Crippen LogP contribution >= 0.6 is 0 Å². The smallest absolute Gasteiger partial charge is 0.212 e. The topological polar surface area (TPSA) is 85.1 Å². The number of rotatable bonds is 7. The number of nitrogens with one attached hydrogen (secondary N) is 1. The zero-order valence-electron chi connectivity index (χ0n) is 14.5. The number of hydrogen-bond donors (Lipinski definition) is 2. The van der Waals surface area contributed by atoms with Gasteiger partial charge in [0, 0.05) is 11.6 Å². The van der Waals surface area contributed by atoms with E-state index in [1.807, 2.05) is 0 Å². The van der Waals surface area contributed by atoms with Crippen LogP contribution in [0.2, 0.25) is 0 Å². The molecule has 2 N–H and O–H groups in total. The van der Waals surface area contributed by atoms with Gasteiger partial charge in [-0.25, -0.2) is 23.4 Å². The molecule has 0 saturated carbocycles. The van der Waals surface area contributed by atoms with Crippen molar-refractivity contribution in [3.63, 3.8) is 0 Å². The molecule has 0 atom stereocenters. The average Bonchev–Trinajstić information content (AvgIpc) is 3.06. The summed E-state index contributed by atoms with van der Waals surface area (Å²) in [6.07, 6.45) is 0.993. The van der Waals surface area contributed by atoms with Crippen molar-refractivity contribution in [1.29, 1.82) is 0 Å². The normalized spacial score (nSPS) is 10.6. The highest BCUT2D eigenvalue weighted by Gasteiger charge is 2.16. The first-order valence-electron chi connectivity index (χ1n) is 7.96. The lowest BCUT2D eigenvalue weighted by Crippen LogP contribution is -2.09. The fraction of sp³-hybridized carbons (Fsp3) is 0.167. The lowest BCUT2D eigenvalue weighted by Gasteiger charge is -2.07. The number of aromatic nitrogens is 4. The van der Waals surface area contributed by atoms with Gasteiger partial charge in [-0.1, -0.05) is 24.8 Å². The van der Waals surface area contributed by atoms with E-state index in [1.54, 1.807) is 24.3 Å². The molecule has 3 aromatic rings. The standard InChI is InChI=1S/C18H17F2N5O2/c1-11(26)8-21-17-14(20)9-22-18(23-17)15-7-16(27-2)25(24-15)10-12-5-3-4-6-13(12)19/h3-7,9,26H,1,8,10H2,2H3,(H,21,22,23). The summed E-state index contributed by atoms with van der Waals surface area (Å²) in [5.41, 5.74) is 0.767. The Hall–Kier alpha value is -3.49. The zero-order chi connectivity index (χ0) is 19.4. The van der Waals surface area contributed by atoms with E-state index < -0.39 is 5.82 Å². The van der Waals surface area contributed by atoms with Crippen molar-refractivity contribution in [3.8, 4) is 17.4 Å². The second-order valence-electron chi connectivity index (χ2n) is 5.63. The molecular formula is C18H17F2N5O2. The molecule has 0 aliphatic carbocycles. The minimum atomic E-state index is -0.683. The van der Waals surface area contributed by atoms with E-state index in [9.17, 15) is 8.78 Å². The summed E-state index contributed by atoms with van der Waals surface area (Å²) in [5, 5.41) is 16.1. The van der Waals surface area contributed by atoms with Crippen molar-refractivity contribution in [2.45, 2.75) is 6.54 Å². The number of hydrogen-bond acceptors (Lipinski definition) is 6. The maximum atomic E-state index is 13.9. The molecule has 3 rings (SSSR count). The molecular weight excluding hydrogens is 356 g/mol. The van der Waals surface area contributed by atoms with Gasteiger partial charge in [-0.15, -0.1) is 0 Å². The third kappa shape index (κ3) is 4.20. The first-order chi connectivity index (χ1) is 13.0. The molecule has 0 spiro atoms. The summed E-state index contributed by atoms with van der Waals surface area (Å²) < 4.78 is 34.5. The van der Waals surface area contributed by atoms with Crippen LogP contribution in [-0.4, -0.2) is 38.5 Å². The lowest BCUT2D eigenvalue weighted by molar-refractivity contribution is 0.365. The maximum Gasteiger partial charge on any atom is 0.212 e. The van der Waals surface area contributed by atoms with Crippen LogP contribution in [-0.2, 0) is 6.54 Å². The first-order valence-corrected chi connectivity index (χ1v) is 7.96. The van der Waals surface area contributed by atoms with Crippen LogP contribution in [0.5, 0.6) is 5.88 Å². The van der Waals surface area contributed by atoms with Gasteiger partial charge in [-0.05, 0) is 6.07 Å². The Morgan fingerprint density at radius 2 is 2.07 bits per heavy atom. The molecule has 1 aromatic carbocycles. The molecule has 2 heterocycles. The van der Waals surface area contributed by atoms with Gasteiger partial charge < -0.3 is 15.2 Å². The summed E-state index contributed by atoms with van der Waals surface area (Å²) >= 11 is 0. The van der Waals surface area contributed by atoms with Gasteiger partial charge >= 0.3 is 0 Å². The van der Waals surface area contributed by atoms with Crippen LogP contribution in [0.15, 0.2) is 48.9 Å². The maximum absolute atomic E-state index is 13.9. The summed E-state index contributed by atoms with van der Waals surface area (Å²) in [6.45, 7) is 3.41. The Balaban J connectivity index is 1.91. The van der Waals surface area contributed by atoms with Gasteiger partial charge in [0.05, 0.1) is 26.4 Å². The minimum Gasteiger partial charge on any atom is -0.511 e. The summed E-state index contributed by atoms with van der Waals surface area (Å²) in [4.78, 5) is 8.01. The third-order valence-corrected chi connectivity index (χ3v) is 3.66. The Bertz CT molecular complexity index is 974. The fourth-order valence-electron chi connectivity index (χ4n) is 2.37. The molecule has 27 heavy (non-hydrogen) atoms. The second kappa shape index (κ2) is 7.81. The van der Waals surface area contributed by atoms with E-state index in [0.717, 1.165) is 6.20 Å². The van der Waals surface area contributed by atoms with E-state index in [-0.39, 0.29) is 36.3 Å². The summed E-state index contributed by atoms with van der Waals surface area (Å²) in [6, 6.07) is 7.91. The van der Waals surface area contributed by atoms with Crippen LogP contribution in [0, 0.1) is 11.6 Å². The van der Waals surface area contributed by atoms with Gasteiger partial charge in [-0.2, -0.15) is 5.10 Å². The fourth-order valence-corrected chi connectivity index (χ4v) is 2.37. The quantitative estimate of drug-likeness (QED) is 0.619. The molecule has 0 amide bonds. The van der Waals surface area contributed by atoms with Crippen molar-refractivity contribution in [2.24, 2.45) is 0 Å². The minimum absolute atomic E-state index is 0.0571. The van der Waals surface area contributed by atoms with E-state index in [2.05, 4.69) is 27.0 Å². The predicted molar refractivity (Wildman–Crippen MR) is 95.5 cm³/mol. The molecule has 0 aliphatic rings. The number of nitrogens with zero attached hydrogens (tertiary/aromatic N) is 4. The van der Waals surface area contributed by atoms with Crippen molar-refractivity contribution in [2.75, 3.05) is 19.0 Å². The molecule has 9 heteroatoms. The van der Waals surface area contributed by atoms with Gasteiger partial charge in [-0.3, -0.25) is 0 Å². The van der Waals surface area contributed by atoms with Crippen molar-refractivity contribution in [3.05, 3.63) is 66.1 Å². The number of methoxy groups -OCH3 is 1. The number of halogens is 2. The van der Waals surface area contributed by atoms with Crippen molar-refractivity contribution >= 4 is 5.82 Å². The second-order valence-corrected chi connectivity index (χ2v) is 5.63. The van der Waals surface area contributed by atoms with Gasteiger partial charge in [0.25, 0.3) is 0 Å². The van der Waals surface area contributed by atoms with E-state index >= 15 is 0 Å². The number of anilines is 1. The SMILES string of the molecule is C=C(O)CNc1nc(-c2cc(OC)n(Cc3ccccc3F)n2)ncc1F. The lowest BCUT2D eigenvalue weighted by atomic mass is 10.2. The molecule has 0 saturated heterocycles. The average molecular weight is 373 g/mol. The van der Waals surface area contributed by atoms with Crippen molar-refractivity contribution in [1.82, 2.24) is 19.7 Å². The van der Waals surface area contributed by atoms with Gasteiger partial charge in [0.15, 0.2) is 17.5 Å². The highest BCUT2D eigenvalue weighted by Crippen LogP contribution is 2.23. The highest BCUT2D eigenvalue weighted by molar-refractivity contribution is 5.54.